The predicted octanol–water partition coefficient (Wildman–Crippen LogP) is 3.86. The van der Waals surface area contributed by atoms with Crippen LogP contribution in [0.1, 0.15) is 42.3 Å². The van der Waals surface area contributed by atoms with Crippen molar-refractivity contribution in [3.63, 3.8) is 0 Å². The van der Waals surface area contributed by atoms with Gasteiger partial charge < -0.3 is 24.3 Å². The number of methoxy groups -OCH3 is 1. The monoisotopic (exact) mass is 435 g/mol. The number of carbonyl (C=O) groups excluding carboxylic acids is 1. The van der Waals surface area contributed by atoms with E-state index in [2.05, 4.69) is 39.2 Å². The minimum absolute atomic E-state index is 0.0170. The van der Waals surface area contributed by atoms with Crippen LogP contribution in [0.4, 0.5) is 11.5 Å². The summed E-state index contributed by atoms with van der Waals surface area (Å²) >= 11 is 0. The van der Waals surface area contributed by atoms with Crippen molar-refractivity contribution in [3.8, 4) is 5.75 Å². The van der Waals surface area contributed by atoms with Crippen molar-refractivity contribution >= 4 is 28.5 Å². The number of fused-ring (bicyclic) bond motifs is 1. The molecule has 1 aromatic carbocycles. The van der Waals surface area contributed by atoms with E-state index >= 15 is 0 Å². The summed E-state index contributed by atoms with van der Waals surface area (Å²) in [5.74, 6) is 2.10. The van der Waals surface area contributed by atoms with E-state index in [1.54, 1.807) is 7.11 Å². The molecule has 3 heterocycles. The highest BCUT2D eigenvalue weighted by molar-refractivity contribution is 6.10. The average molecular weight is 436 g/mol. The molecule has 0 bridgehead atoms. The van der Waals surface area contributed by atoms with E-state index in [1.165, 1.54) is 6.33 Å². The van der Waals surface area contributed by atoms with Crippen LogP contribution in [0, 0.1) is 6.92 Å². The number of nitrogens with one attached hydrogen (secondary N) is 1. The van der Waals surface area contributed by atoms with E-state index in [1.807, 2.05) is 24.0 Å². The summed E-state index contributed by atoms with van der Waals surface area (Å²) in [5, 5.41) is 4.19. The number of aryl methyl sites for hydroxylation is 1. The van der Waals surface area contributed by atoms with Crippen LogP contribution < -0.4 is 15.0 Å². The first-order valence-corrected chi connectivity index (χ1v) is 11.2. The molecular weight excluding hydrogens is 406 g/mol. The second-order valence-corrected chi connectivity index (χ2v) is 8.95. The smallest absolute Gasteiger partial charge is 0.258 e. The maximum atomic E-state index is 13.7. The fourth-order valence-corrected chi connectivity index (χ4v) is 4.32. The van der Waals surface area contributed by atoms with Gasteiger partial charge in [-0.3, -0.25) is 4.79 Å². The number of hydrogen-bond donors (Lipinski definition) is 1. The zero-order chi connectivity index (χ0) is 22.3. The first-order valence-electron chi connectivity index (χ1n) is 11.2. The second kappa shape index (κ2) is 8.00. The minimum atomic E-state index is -0.0170. The van der Waals surface area contributed by atoms with E-state index in [4.69, 9.17) is 9.15 Å². The van der Waals surface area contributed by atoms with Crippen LogP contribution >= 0.6 is 0 Å². The number of hydrogen-bond acceptors (Lipinski definition) is 7. The first kappa shape index (κ1) is 20.6. The van der Waals surface area contributed by atoms with Gasteiger partial charge in [0, 0.05) is 37.4 Å². The third kappa shape index (κ3) is 3.85. The van der Waals surface area contributed by atoms with Gasteiger partial charge in [-0.2, -0.15) is 0 Å². The SMILES string of the molecule is COc1ccc(N2CCCN(C(=O)c3c(C)oc4ncnc(NC5(C)CC5)c34)CC2)cc1. The molecular formula is C24H29N5O3. The molecule has 8 heteroatoms. The Bertz CT molecular complexity index is 1140. The highest BCUT2D eigenvalue weighted by Crippen LogP contribution is 2.40. The second-order valence-electron chi connectivity index (χ2n) is 8.95. The molecule has 5 rings (SSSR count). The van der Waals surface area contributed by atoms with E-state index in [0.717, 1.165) is 43.8 Å². The number of aromatic nitrogens is 2. The molecule has 0 unspecified atom stereocenters. The van der Waals surface area contributed by atoms with Crippen molar-refractivity contribution in [2.75, 3.05) is 43.5 Å². The van der Waals surface area contributed by atoms with E-state index in [-0.39, 0.29) is 11.4 Å². The number of nitrogens with zero attached hydrogens (tertiary/aromatic N) is 4. The molecule has 0 atom stereocenters. The molecule has 1 saturated carbocycles. The summed E-state index contributed by atoms with van der Waals surface area (Å²) in [6, 6.07) is 8.08. The lowest BCUT2D eigenvalue weighted by atomic mass is 10.1. The summed E-state index contributed by atoms with van der Waals surface area (Å²) < 4.78 is 11.1. The summed E-state index contributed by atoms with van der Waals surface area (Å²) in [6.45, 7) is 7.01. The van der Waals surface area contributed by atoms with Crippen LogP contribution in [0.5, 0.6) is 5.75 Å². The van der Waals surface area contributed by atoms with Crippen molar-refractivity contribution in [2.24, 2.45) is 0 Å². The van der Waals surface area contributed by atoms with Gasteiger partial charge in [0.2, 0.25) is 5.71 Å². The molecule has 168 valence electrons. The Morgan fingerprint density at radius 2 is 1.91 bits per heavy atom. The lowest BCUT2D eigenvalue weighted by Crippen LogP contribution is -2.35. The third-order valence-corrected chi connectivity index (χ3v) is 6.52. The molecule has 1 aliphatic carbocycles. The van der Waals surface area contributed by atoms with Crippen molar-refractivity contribution in [3.05, 3.63) is 41.9 Å². The van der Waals surface area contributed by atoms with Crippen LogP contribution in [-0.4, -0.2) is 59.6 Å². The molecule has 1 amide bonds. The maximum absolute atomic E-state index is 13.7. The van der Waals surface area contributed by atoms with Gasteiger partial charge >= 0.3 is 0 Å². The Morgan fingerprint density at radius 3 is 2.62 bits per heavy atom. The Hall–Kier alpha value is -3.29. The van der Waals surface area contributed by atoms with E-state index in [9.17, 15) is 4.79 Å². The van der Waals surface area contributed by atoms with Gasteiger partial charge in [-0.25, -0.2) is 9.97 Å². The van der Waals surface area contributed by atoms with Crippen LogP contribution in [0.25, 0.3) is 11.1 Å². The summed E-state index contributed by atoms with van der Waals surface area (Å²) in [6.07, 6.45) is 4.57. The van der Waals surface area contributed by atoms with Crippen molar-refractivity contribution in [2.45, 2.75) is 38.6 Å². The fraction of sp³-hybridized carbons (Fsp3) is 0.458. The lowest BCUT2D eigenvalue weighted by molar-refractivity contribution is 0.0767. The maximum Gasteiger partial charge on any atom is 0.258 e. The minimum Gasteiger partial charge on any atom is -0.497 e. The summed E-state index contributed by atoms with van der Waals surface area (Å²) in [4.78, 5) is 26.6. The standard InChI is InChI=1S/C24H29N5O3/c1-16-19(20-21(27-24(2)9-10-24)25-15-26-22(20)32-16)23(30)29-12-4-11-28(13-14-29)17-5-7-18(31-3)8-6-17/h5-8,15H,4,9-14H2,1-3H3,(H,25,26,27). The van der Waals surface area contributed by atoms with E-state index in [0.29, 0.717) is 41.3 Å². The highest BCUT2D eigenvalue weighted by Gasteiger charge is 2.39. The molecule has 8 nitrogen and oxygen atoms in total. The number of benzene rings is 1. The molecule has 2 aliphatic rings. The number of rotatable bonds is 5. The van der Waals surface area contributed by atoms with E-state index < -0.39 is 0 Å². The molecule has 1 N–H and O–H groups in total. The zero-order valence-corrected chi connectivity index (χ0v) is 18.9. The van der Waals surface area contributed by atoms with Crippen LogP contribution in [0.3, 0.4) is 0 Å². The molecule has 1 aliphatic heterocycles. The van der Waals surface area contributed by atoms with Gasteiger partial charge in [0.25, 0.3) is 5.91 Å². The predicted molar refractivity (Wildman–Crippen MR) is 124 cm³/mol. The van der Waals surface area contributed by atoms with Crippen molar-refractivity contribution < 1.29 is 13.9 Å². The molecule has 0 spiro atoms. The highest BCUT2D eigenvalue weighted by atomic mass is 16.5. The summed E-state index contributed by atoms with van der Waals surface area (Å²) in [5.41, 5.74) is 2.21. The molecule has 32 heavy (non-hydrogen) atoms. The number of ether oxygens (including phenoxy) is 1. The van der Waals surface area contributed by atoms with Gasteiger partial charge in [-0.15, -0.1) is 0 Å². The zero-order valence-electron chi connectivity index (χ0n) is 18.9. The number of furan rings is 1. The molecule has 0 radical (unpaired) electrons. The van der Waals surface area contributed by atoms with Gasteiger partial charge in [0.05, 0.1) is 18.1 Å². The van der Waals surface area contributed by atoms with Gasteiger partial charge in [-0.05, 0) is 57.4 Å². The van der Waals surface area contributed by atoms with Crippen LogP contribution in [0.15, 0.2) is 35.0 Å². The van der Waals surface area contributed by atoms with Gasteiger partial charge in [0.1, 0.15) is 23.7 Å². The lowest BCUT2D eigenvalue weighted by Gasteiger charge is -2.24. The Morgan fingerprint density at radius 1 is 1.12 bits per heavy atom. The number of amides is 1. The Labute approximate surface area is 187 Å². The van der Waals surface area contributed by atoms with Crippen molar-refractivity contribution in [1.29, 1.82) is 0 Å². The quantitative estimate of drug-likeness (QED) is 0.651. The molecule has 2 fully saturated rings. The van der Waals surface area contributed by atoms with Crippen LogP contribution in [0.2, 0.25) is 0 Å². The first-order chi connectivity index (χ1) is 15.5. The van der Waals surface area contributed by atoms with Gasteiger partial charge in [0.15, 0.2) is 0 Å². The number of carbonyl (C=O) groups is 1. The van der Waals surface area contributed by atoms with Gasteiger partial charge in [-0.1, -0.05) is 0 Å². The largest absolute Gasteiger partial charge is 0.497 e. The third-order valence-electron chi connectivity index (χ3n) is 6.52. The fourth-order valence-electron chi connectivity index (χ4n) is 4.32. The number of anilines is 2. The molecule has 1 saturated heterocycles. The van der Waals surface area contributed by atoms with Crippen LogP contribution in [-0.2, 0) is 0 Å². The molecule has 3 aromatic rings. The normalized spacial score (nSPS) is 17.8. The Kier molecular flexibility index (Phi) is 5.15. The summed E-state index contributed by atoms with van der Waals surface area (Å²) in [7, 11) is 1.67. The molecule has 2 aromatic heterocycles. The average Bonchev–Trinajstić information content (AvgIpc) is 3.49. The van der Waals surface area contributed by atoms with Crippen molar-refractivity contribution in [1.82, 2.24) is 14.9 Å². The Balaban J connectivity index is 1.38. The topological polar surface area (TPSA) is 83.7 Å².